The SMILES string of the molecule is O=C1CC(=O)N(Cc2cncnc2)C1. The molecule has 2 heterocycles. The number of Topliss-reactive ketones (excluding diaryl/α,β-unsaturated/α-hetero) is 1. The Hall–Kier alpha value is -1.78. The first-order valence-electron chi connectivity index (χ1n) is 4.29. The Kier molecular flexibility index (Phi) is 2.22. The van der Waals surface area contributed by atoms with E-state index in [4.69, 9.17) is 0 Å². The Morgan fingerprint density at radius 3 is 2.57 bits per heavy atom. The van der Waals surface area contributed by atoms with Gasteiger partial charge in [-0.05, 0) is 0 Å². The van der Waals surface area contributed by atoms with Crippen LogP contribution in [-0.4, -0.2) is 33.1 Å². The number of carbonyl (C=O) groups excluding carboxylic acids is 2. The van der Waals surface area contributed by atoms with Gasteiger partial charge in [0.2, 0.25) is 5.91 Å². The molecule has 1 aliphatic heterocycles. The summed E-state index contributed by atoms with van der Waals surface area (Å²) in [5.74, 6) is -0.134. The Balaban J connectivity index is 2.05. The summed E-state index contributed by atoms with van der Waals surface area (Å²) in [6.07, 6.45) is 4.75. The molecule has 0 bridgehead atoms. The van der Waals surface area contributed by atoms with Gasteiger partial charge >= 0.3 is 0 Å². The van der Waals surface area contributed by atoms with Gasteiger partial charge in [0.05, 0.1) is 13.0 Å². The van der Waals surface area contributed by atoms with Gasteiger partial charge in [0.15, 0.2) is 5.78 Å². The average Bonchev–Trinajstić information content (AvgIpc) is 2.47. The number of likely N-dealkylation sites (tertiary alicyclic amines) is 1. The Labute approximate surface area is 80.8 Å². The molecular weight excluding hydrogens is 182 g/mol. The van der Waals surface area contributed by atoms with E-state index in [9.17, 15) is 9.59 Å². The van der Waals surface area contributed by atoms with Gasteiger partial charge in [-0.2, -0.15) is 0 Å². The van der Waals surface area contributed by atoms with Crippen LogP contribution >= 0.6 is 0 Å². The van der Waals surface area contributed by atoms with Crippen molar-refractivity contribution in [1.82, 2.24) is 14.9 Å². The molecule has 1 fully saturated rings. The van der Waals surface area contributed by atoms with Gasteiger partial charge in [0, 0.05) is 24.5 Å². The van der Waals surface area contributed by atoms with E-state index in [1.54, 1.807) is 12.4 Å². The lowest BCUT2D eigenvalue weighted by molar-refractivity contribution is -0.128. The van der Waals surface area contributed by atoms with Gasteiger partial charge < -0.3 is 4.90 Å². The van der Waals surface area contributed by atoms with Crippen LogP contribution in [0.3, 0.4) is 0 Å². The van der Waals surface area contributed by atoms with Crippen LogP contribution in [0, 0.1) is 0 Å². The number of hydrogen-bond donors (Lipinski definition) is 0. The van der Waals surface area contributed by atoms with E-state index >= 15 is 0 Å². The summed E-state index contributed by atoms with van der Waals surface area (Å²) in [6.45, 7) is 0.638. The van der Waals surface area contributed by atoms with Crippen LogP contribution in [0.1, 0.15) is 12.0 Å². The number of hydrogen-bond acceptors (Lipinski definition) is 4. The van der Waals surface area contributed by atoms with Gasteiger partial charge in [-0.1, -0.05) is 0 Å². The third kappa shape index (κ3) is 1.76. The van der Waals surface area contributed by atoms with Crippen LogP contribution in [0.25, 0.3) is 0 Å². The number of rotatable bonds is 2. The second kappa shape index (κ2) is 3.53. The first-order chi connectivity index (χ1) is 6.75. The summed E-state index contributed by atoms with van der Waals surface area (Å²) in [7, 11) is 0. The van der Waals surface area contributed by atoms with Crippen molar-refractivity contribution in [3.05, 3.63) is 24.3 Å². The normalized spacial score (nSPS) is 16.4. The Morgan fingerprint density at radius 2 is 2.00 bits per heavy atom. The van der Waals surface area contributed by atoms with Crippen molar-refractivity contribution in [1.29, 1.82) is 0 Å². The van der Waals surface area contributed by atoms with Gasteiger partial charge in [-0.25, -0.2) is 9.97 Å². The van der Waals surface area contributed by atoms with E-state index in [0.29, 0.717) is 6.54 Å². The minimum atomic E-state index is -0.112. The molecule has 1 saturated heterocycles. The molecular formula is C9H9N3O2. The predicted molar refractivity (Wildman–Crippen MR) is 47.1 cm³/mol. The molecule has 5 nitrogen and oxygen atoms in total. The lowest BCUT2D eigenvalue weighted by Crippen LogP contribution is -2.24. The lowest BCUT2D eigenvalue weighted by atomic mass is 10.3. The van der Waals surface area contributed by atoms with E-state index in [-0.39, 0.29) is 24.7 Å². The summed E-state index contributed by atoms with van der Waals surface area (Å²) in [6, 6.07) is 0. The first kappa shape index (κ1) is 8.80. The van der Waals surface area contributed by atoms with Crippen molar-refractivity contribution in [2.45, 2.75) is 13.0 Å². The number of aromatic nitrogens is 2. The number of carbonyl (C=O) groups is 2. The molecule has 14 heavy (non-hydrogen) atoms. The highest BCUT2D eigenvalue weighted by atomic mass is 16.2. The molecule has 0 aliphatic carbocycles. The molecule has 72 valence electrons. The van der Waals surface area contributed by atoms with Crippen molar-refractivity contribution >= 4 is 11.7 Å². The molecule has 2 rings (SSSR count). The standard InChI is InChI=1S/C9H9N3O2/c13-8-1-9(14)12(5-8)4-7-2-10-6-11-3-7/h2-3,6H,1,4-5H2. The third-order valence-electron chi connectivity index (χ3n) is 2.06. The largest absolute Gasteiger partial charge is 0.331 e. The number of amides is 1. The van der Waals surface area contributed by atoms with Crippen LogP contribution in [0.4, 0.5) is 0 Å². The third-order valence-corrected chi connectivity index (χ3v) is 2.06. The van der Waals surface area contributed by atoms with Crippen LogP contribution in [0.15, 0.2) is 18.7 Å². The topological polar surface area (TPSA) is 63.2 Å². The van der Waals surface area contributed by atoms with Gasteiger partial charge in [0.1, 0.15) is 6.33 Å². The Morgan fingerprint density at radius 1 is 1.29 bits per heavy atom. The molecule has 0 spiro atoms. The van der Waals surface area contributed by atoms with Crippen molar-refractivity contribution in [2.75, 3.05) is 6.54 Å². The van der Waals surface area contributed by atoms with Crippen molar-refractivity contribution in [2.24, 2.45) is 0 Å². The summed E-state index contributed by atoms with van der Waals surface area (Å²) >= 11 is 0. The van der Waals surface area contributed by atoms with Crippen molar-refractivity contribution in [3.8, 4) is 0 Å². The van der Waals surface area contributed by atoms with E-state index in [0.717, 1.165) is 5.56 Å². The van der Waals surface area contributed by atoms with E-state index in [1.165, 1.54) is 11.2 Å². The number of nitrogens with zero attached hydrogens (tertiary/aromatic N) is 3. The van der Waals surface area contributed by atoms with Crippen LogP contribution in [0.2, 0.25) is 0 Å². The van der Waals surface area contributed by atoms with Crippen LogP contribution in [-0.2, 0) is 16.1 Å². The van der Waals surface area contributed by atoms with Crippen LogP contribution in [0.5, 0.6) is 0 Å². The fourth-order valence-electron chi connectivity index (χ4n) is 1.41. The molecule has 1 aromatic rings. The maximum Gasteiger partial charge on any atom is 0.230 e. The molecule has 1 amide bonds. The zero-order valence-corrected chi connectivity index (χ0v) is 7.51. The summed E-state index contributed by atoms with van der Waals surface area (Å²) in [5, 5.41) is 0. The van der Waals surface area contributed by atoms with E-state index in [1.807, 2.05) is 0 Å². The molecule has 0 saturated carbocycles. The van der Waals surface area contributed by atoms with Gasteiger partial charge in [-0.3, -0.25) is 9.59 Å². The van der Waals surface area contributed by atoms with Crippen molar-refractivity contribution in [3.63, 3.8) is 0 Å². The summed E-state index contributed by atoms with van der Waals surface area (Å²) in [5.41, 5.74) is 0.843. The fourth-order valence-corrected chi connectivity index (χ4v) is 1.41. The second-order valence-corrected chi connectivity index (χ2v) is 3.21. The number of ketones is 1. The zero-order valence-electron chi connectivity index (χ0n) is 7.51. The predicted octanol–water partition coefficient (Wildman–Crippen LogP) is -0.222. The smallest absolute Gasteiger partial charge is 0.230 e. The van der Waals surface area contributed by atoms with E-state index < -0.39 is 0 Å². The highest BCUT2D eigenvalue weighted by molar-refractivity contribution is 6.05. The van der Waals surface area contributed by atoms with Gasteiger partial charge in [-0.15, -0.1) is 0 Å². The highest BCUT2D eigenvalue weighted by Gasteiger charge is 2.27. The molecule has 0 aromatic carbocycles. The maximum atomic E-state index is 11.3. The molecule has 0 unspecified atom stereocenters. The molecule has 0 radical (unpaired) electrons. The average molecular weight is 191 g/mol. The lowest BCUT2D eigenvalue weighted by Gasteiger charge is -2.13. The fraction of sp³-hybridized carbons (Fsp3) is 0.333. The summed E-state index contributed by atoms with van der Waals surface area (Å²) in [4.78, 5) is 31.4. The molecule has 0 N–H and O–H groups in total. The van der Waals surface area contributed by atoms with Crippen molar-refractivity contribution < 1.29 is 9.59 Å². The maximum absolute atomic E-state index is 11.3. The highest BCUT2D eigenvalue weighted by Crippen LogP contribution is 2.10. The summed E-state index contributed by atoms with van der Waals surface area (Å²) < 4.78 is 0. The zero-order chi connectivity index (χ0) is 9.97. The minimum Gasteiger partial charge on any atom is -0.331 e. The Bertz CT molecular complexity index is 364. The van der Waals surface area contributed by atoms with Gasteiger partial charge in [0.25, 0.3) is 0 Å². The molecule has 0 atom stereocenters. The first-order valence-corrected chi connectivity index (χ1v) is 4.29. The van der Waals surface area contributed by atoms with E-state index in [2.05, 4.69) is 9.97 Å². The minimum absolute atomic E-state index is 0.0214. The molecule has 1 aliphatic rings. The molecule has 1 aromatic heterocycles. The quantitative estimate of drug-likeness (QED) is 0.606. The van der Waals surface area contributed by atoms with Crippen LogP contribution < -0.4 is 0 Å². The monoisotopic (exact) mass is 191 g/mol. The second-order valence-electron chi connectivity index (χ2n) is 3.21. The molecule has 5 heteroatoms.